The third-order valence-corrected chi connectivity index (χ3v) is 7.35. The number of urea groups is 1. The molecule has 3 unspecified atom stereocenters. The largest absolute Gasteiger partial charge is 0.465 e. The van der Waals surface area contributed by atoms with Crippen molar-refractivity contribution in [2.45, 2.75) is 71.9 Å². The number of morpholine rings is 2. The van der Waals surface area contributed by atoms with Crippen LogP contribution in [-0.2, 0) is 22.4 Å². The molecule has 0 bridgehead atoms. The van der Waals surface area contributed by atoms with Crippen molar-refractivity contribution in [3.8, 4) is 0 Å². The zero-order valence-electron chi connectivity index (χ0n) is 20.7. The summed E-state index contributed by atoms with van der Waals surface area (Å²) in [4.78, 5) is 31.0. The normalized spacial score (nSPS) is 28.0. The van der Waals surface area contributed by atoms with Crippen molar-refractivity contribution in [3.63, 3.8) is 0 Å². The molecule has 0 radical (unpaired) electrons. The Hall–Kier alpha value is -2.03. The molecule has 0 aromatic heterocycles. The van der Waals surface area contributed by atoms with Crippen LogP contribution in [0.2, 0.25) is 5.02 Å². The molecule has 188 valence electrons. The Morgan fingerprint density at radius 2 is 1.85 bits per heavy atom. The maximum atomic E-state index is 13.5. The number of benzene rings is 1. The zero-order chi connectivity index (χ0) is 24.8. The van der Waals surface area contributed by atoms with E-state index in [9.17, 15) is 14.7 Å². The van der Waals surface area contributed by atoms with E-state index in [2.05, 4.69) is 20.8 Å². The van der Waals surface area contributed by atoms with Crippen LogP contribution < -0.4 is 0 Å². The standard InChI is InChI=1S/C25H36ClN3O5/c1-15-14-34-16(2)12-29(15)23(30)27-7-6-17-10-18(26)11-19(20(17)13-27)21-22(25(3,4)5)33-9-8-28(21)24(31)32/h10-11,15-16,21-22H,6-9,12-14H2,1-5H3,(H,31,32)/t15?,16?,21-,22?/m1/s1. The minimum atomic E-state index is -0.976. The third kappa shape index (κ3) is 4.86. The van der Waals surface area contributed by atoms with Crippen molar-refractivity contribution in [2.75, 3.05) is 32.8 Å². The highest BCUT2D eigenvalue weighted by Gasteiger charge is 2.44. The highest BCUT2D eigenvalue weighted by atomic mass is 35.5. The van der Waals surface area contributed by atoms with Crippen molar-refractivity contribution >= 4 is 23.7 Å². The number of fused-ring (bicyclic) bond motifs is 1. The van der Waals surface area contributed by atoms with Gasteiger partial charge >= 0.3 is 12.1 Å². The molecule has 9 heteroatoms. The van der Waals surface area contributed by atoms with Crippen molar-refractivity contribution in [1.82, 2.24) is 14.7 Å². The SMILES string of the molecule is CC1CN(C(=O)N2CCc3cc(Cl)cc([C@@H]4C(C(C)(C)C)OCCN4C(=O)O)c3C2)C(C)CO1. The van der Waals surface area contributed by atoms with E-state index in [1.54, 1.807) is 0 Å². The topological polar surface area (TPSA) is 82.6 Å². The lowest BCUT2D eigenvalue weighted by atomic mass is 9.78. The summed E-state index contributed by atoms with van der Waals surface area (Å²) in [6, 6.07) is 3.31. The van der Waals surface area contributed by atoms with Gasteiger partial charge in [-0.2, -0.15) is 0 Å². The summed E-state index contributed by atoms with van der Waals surface area (Å²) in [6.45, 7) is 12.9. The summed E-state index contributed by atoms with van der Waals surface area (Å²) in [5, 5.41) is 10.6. The van der Waals surface area contributed by atoms with Gasteiger partial charge < -0.3 is 24.4 Å². The van der Waals surface area contributed by atoms with Crippen LogP contribution in [0.15, 0.2) is 12.1 Å². The van der Waals surface area contributed by atoms with Gasteiger partial charge in [-0.05, 0) is 54.5 Å². The second-order valence-electron chi connectivity index (χ2n) is 10.8. The number of carbonyl (C=O) groups is 2. The maximum Gasteiger partial charge on any atom is 0.407 e. The molecule has 34 heavy (non-hydrogen) atoms. The van der Waals surface area contributed by atoms with Crippen LogP contribution in [0.25, 0.3) is 0 Å². The number of nitrogens with zero attached hydrogens (tertiary/aromatic N) is 3. The Morgan fingerprint density at radius 1 is 1.12 bits per heavy atom. The summed E-state index contributed by atoms with van der Waals surface area (Å²) in [7, 11) is 0. The second-order valence-corrected chi connectivity index (χ2v) is 11.2. The Bertz CT molecular complexity index is 949. The number of carbonyl (C=O) groups excluding carboxylic acids is 1. The van der Waals surface area contributed by atoms with Crippen LogP contribution in [0, 0.1) is 5.41 Å². The molecule has 8 nitrogen and oxygen atoms in total. The number of hydrogen-bond donors (Lipinski definition) is 1. The zero-order valence-corrected chi connectivity index (χ0v) is 21.5. The number of carboxylic acid groups (broad SMARTS) is 1. The molecule has 2 fully saturated rings. The van der Waals surface area contributed by atoms with E-state index in [1.165, 1.54) is 4.90 Å². The van der Waals surface area contributed by atoms with Gasteiger partial charge in [0.2, 0.25) is 0 Å². The molecule has 4 atom stereocenters. The van der Waals surface area contributed by atoms with E-state index in [1.807, 2.05) is 35.8 Å². The molecule has 2 saturated heterocycles. The van der Waals surface area contributed by atoms with E-state index in [-0.39, 0.29) is 29.7 Å². The first-order valence-corrected chi connectivity index (χ1v) is 12.4. The molecular formula is C25H36ClN3O5. The average Bonchev–Trinajstić information content (AvgIpc) is 2.78. The van der Waals surface area contributed by atoms with Gasteiger partial charge in [0.1, 0.15) is 0 Å². The lowest BCUT2D eigenvalue weighted by Crippen LogP contribution is -2.55. The summed E-state index contributed by atoms with van der Waals surface area (Å²) in [5.41, 5.74) is 2.59. The summed E-state index contributed by atoms with van der Waals surface area (Å²) in [6.07, 6.45) is -0.645. The minimum absolute atomic E-state index is 0.00245. The van der Waals surface area contributed by atoms with Crippen LogP contribution in [0.1, 0.15) is 57.4 Å². The molecule has 1 aromatic carbocycles. The first kappa shape index (κ1) is 25.1. The molecule has 0 spiro atoms. The maximum absolute atomic E-state index is 13.5. The Balaban J connectivity index is 1.72. The summed E-state index contributed by atoms with van der Waals surface area (Å²) < 4.78 is 11.9. The van der Waals surface area contributed by atoms with E-state index in [0.717, 1.165) is 16.7 Å². The molecule has 4 rings (SSSR count). The van der Waals surface area contributed by atoms with Crippen LogP contribution in [-0.4, -0.2) is 83.0 Å². The fraction of sp³-hybridized carbons (Fsp3) is 0.680. The number of halogens is 1. The van der Waals surface area contributed by atoms with Crippen LogP contribution >= 0.6 is 11.6 Å². The van der Waals surface area contributed by atoms with Gasteiger partial charge in [-0.15, -0.1) is 0 Å². The molecule has 0 saturated carbocycles. The molecule has 3 aliphatic heterocycles. The predicted octanol–water partition coefficient (Wildman–Crippen LogP) is 4.39. The van der Waals surface area contributed by atoms with Crippen molar-refractivity contribution < 1.29 is 24.2 Å². The van der Waals surface area contributed by atoms with Gasteiger partial charge in [0.25, 0.3) is 0 Å². The van der Waals surface area contributed by atoms with Crippen LogP contribution in [0.5, 0.6) is 0 Å². The first-order chi connectivity index (χ1) is 16.0. The smallest absolute Gasteiger partial charge is 0.407 e. The average molecular weight is 494 g/mol. The van der Waals surface area contributed by atoms with Gasteiger partial charge in [0.05, 0.1) is 37.5 Å². The van der Waals surface area contributed by atoms with Crippen molar-refractivity contribution in [2.24, 2.45) is 5.41 Å². The third-order valence-electron chi connectivity index (χ3n) is 7.14. The van der Waals surface area contributed by atoms with Gasteiger partial charge in [0.15, 0.2) is 0 Å². The lowest BCUT2D eigenvalue weighted by Gasteiger charge is -2.47. The van der Waals surface area contributed by atoms with E-state index >= 15 is 0 Å². The molecule has 1 N–H and O–H groups in total. The van der Waals surface area contributed by atoms with E-state index in [0.29, 0.717) is 50.8 Å². The molecular weight excluding hydrogens is 458 g/mol. The lowest BCUT2D eigenvalue weighted by molar-refractivity contribution is -0.110. The summed E-state index contributed by atoms with van der Waals surface area (Å²) >= 11 is 6.54. The number of rotatable bonds is 1. The van der Waals surface area contributed by atoms with Gasteiger partial charge in [-0.3, -0.25) is 4.90 Å². The number of hydrogen-bond acceptors (Lipinski definition) is 4. The van der Waals surface area contributed by atoms with Gasteiger partial charge in [0, 0.05) is 31.2 Å². The Morgan fingerprint density at radius 3 is 2.53 bits per heavy atom. The molecule has 3 heterocycles. The monoisotopic (exact) mass is 493 g/mol. The number of ether oxygens (including phenoxy) is 2. The van der Waals surface area contributed by atoms with Crippen LogP contribution in [0.3, 0.4) is 0 Å². The van der Waals surface area contributed by atoms with Crippen LogP contribution in [0.4, 0.5) is 9.59 Å². The molecule has 3 aliphatic rings. The van der Waals surface area contributed by atoms with E-state index < -0.39 is 12.1 Å². The number of amides is 3. The highest BCUT2D eigenvalue weighted by Crippen LogP contribution is 2.43. The fourth-order valence-corrected chi connectivity index (χ4v) is 5.63. The predicted molar refractivity (Wildman–Crippen MR) is 129 cm³/mol. The molecule has 0 aliphatic carbocycles. The van der Waals surface area contributed by atoms with Crippen molar-refractivity contribution in [1.29, 1.82) is 0 Å². The summed E-state index contributed by atoms with van der Waals surface area (Å²) in [5.74, 6) is 0. The second kappa shape index (κ2) is 9.55. The van der Waals surface area contributed by atoms with Gasteiger partial charge in [-0.25, -0.2) is 9.59 Å². The highest BCUT2D eigenvalue weighted by molar-refractivity contribution is 6.30. The fourth-order valence-electron chi connectivity index (χ4n) is 5.38. The van der Waals surface area contributed by atoms with Gasteiger partial charge in [-0.1, -0.05) is 32.4 Å². The molecule has 3 amide bonds. The molecule has 1 aromatic rings. The quantitative estimate of drug-likeness (QED) is 0.627. The Labute approximate surface area is 206 Å². The van der Waals surface area contributed by atoms with E-state index in [4.69, 9.17) is 21.1 Å². The van der Waals surface area contributed by atoms with Crippen molar-refractivity contribution in [3.05, 3.63) is 33.8 Å². The minimum Gasteiger partial charge on any atom is -0.465 e. The first-order valence-electron chi connectivity index (χ1n) is 12.1. The Kier molecular flexibility index (Phi) is 7.04.